The molecule has 4 heteroatoms. The summed E-state index contributed by atoms with van der Waals surface area (Å²) in [7, 11) is 3.61. The number of alkyl carbamates (subject to hydrolysis) is 1. The van der Waals surface area contributed by atoms with Crippen molar-refractivity contribution in [2.24, 2.45) is 0 Å². The molecule has 0 bridgehead atoms. The van der Waals surface area contributed by atoms with E-state index in [0.29, 0.717) is 6.61 Å². The maximum Gasteiger partial charge on any atom is 0.406 e. The van der Waals surface area contributed by atoms with Crippen molar-refractivity contribution >= 4 is 11.8 Å². The molecule has 0 heterocycles. The molecule has 0 aliphatic heterocycles. The average Bonchev–Trinajstić information content (AvgIpc) is 2.32. The van der Waals surface area contributed by atoms with Gasteiger partial charge in [0, 0.05) is 26.3 Å². The second kappa shape index (κ2) is 6.89. The summed E-state index contributed by atoms with van der Waals surface area (Å²) in [6, 6.07) is 6.48. The third-order valence-electron chi connectivity index (χ3n) is 2.72. The van der Waals surface area contributed by atoms with Gasteiger partial charge in [0.25, 0.3) is 0 Å². The summed E-state index contributed by atoms with van der Waals surface area (Å²) in [6.45, 7) is 5.49. The van der Waals surface area contributed by atoms with Crippen LogP contribution in [0.5, 0.6) is 0 Å². The van der Waals surface area contributed by atoms with Crippen LogP contribution in [0.2, 0.25) is 0 Å². The van der Waals surface area contributed by atoms with Gasteiger partial charge in [-0.2, -0.15) is 0 Å². The van der Waals surface area contributed by atoms with Gasteiger partial charge in [-0.25, -0.2) is 4.79 Å². The Labute approximate surface area is 109 Å². The highest BCUT2D eigenvalue weighted by molar-refractivity contribution is 5.66. The monoisotopic (exact) mass is 250 g/mol. The summed E-state index contributed by atoms with van der Waals surface area (Å²) in [5.41, 5.74) is 3.73. The number of aryl methyl sites for hydroxylation is 2. The topological polar surface area (TPSA) is 41.6 Å². The minimum atomic E-state index is -0.371. The van der Waals surface area contributed by atoms with Crippen LogP contribution in [0, 0.1) is 13.8 Å². The predicted molar refractivity (Wildman–Crippen MR) is 74.2 cm³/mol. The lowest BCUT2D eigenvalue weighted by Crippen LogP contribution is -2.23. The van der Waals surface area contributed by atoms with Crippen LogP contribution in [-0.4, -0.2) is 33.3 Å². The van der Waals surface area contributed by atoms with Gasteiger partial charge in [0.05, 0.1) is 6.61 Å². The SMILES string of the molecule is CNC(=O)OCCCN(C)c1cc(C)cc(C)c1. The lowest BCUT2D eigenvalue weighted by atomic mass is 10.1. The normalized spacial score (nSPS) is 10.0. The fourth-order valence-electron chi connectivity index (χ4n) is 1.84. The minimum Gasteiger partial charge on any atom is -0.449 e. The molecule has 1 aromatic carbocycles. The Morgan fingerprint density at radius 2 is 1.89 bits per heavy atom. The zero-order valence-electron chi connectivity index (χ0n) is 11.6. The second-order valence-corrected chi connectivity index (χ2v) is 4.51. The maximum atomic E-state index is 10.9. The van der Waals surface area contributed by atoms with E-state index in [2.05, 4.69) is 42.3 Å². The molecule has 0 aliphatic carbocycles. The second-order valence-electron chi connectivity index (χ2n) is 4.51. The minimum absolute atomic E-state index is 0.371. The van der Waals surface area contributed by atoms with E-state index in [4.69, 9.17) is 4.74 Å². The predicted octanol–water partition coefficient (Wildman–Crippen LogP) is 2.49. The maximum absolute atomic E-state index is 10.9. The molecule has 1 aromatic rings. The number of anilines is 1. The largest absolute Gasteiger partial charge is 0.449 e. The van der Waals surface area contributed by atoms with Gasteiger partial charge in [-0.3, -0.25) is 0 Å². The summed E-state index contributed by atoms with van der Waals surface area (Å²) in [5, 5.41) is 2.42. The van der Waals surface area contributed by atoms with Gasteiger partial charge in [-0.1, -0.05) is 6.07 Å². The molecule has 0 aliphatic rings. The first-order valence-corrected chi connectivity index (χ1v) is 6.17. The molecule has 0 spiro atoms. The number of hydrogen-bond donors (Lipinski definition) is 1. The molecule has 0 saturated carbocycles. The van der Waals surface area contributed by atoms with Crippen molar-refractivity contribution in [3.05, 3.63) is 29.3 Å². The Balaban J connectivity index is 2.40. The van der Waals surface area contributed by atoms with Crippen LogP contribution < -0.4 is 10.2 Å². The van der Waals surface area contributed by atoms with E-state index in [1.807, 2.05) is 7.05 Å². The van der Waals surface area contributed by atoms with Crippen LogP contribution in [0.15, 0.2) is 18.2 Å². The van der Waals surface area contributed by atoms with Crippen molar-refractivity contribution in [2.45, 2.75) is 20.3 Å². The molecule has 0 aromatic heterocycles. The lowest BCUT2D eigenvalue weighted by Gasteiger charge is -2.20. The van der Waals surface area contributed by atoms with Crippen LogP contribution in [0.1, 0.15) is 17.5 Å². The number of rotatable bonds is 5. The lowest BCUT2D eigenvalue weighted by molar-refractivity contribution is 0.147. The molecule has 0 unspecified atom stereocenters. The highest BCUT2D eigenvalue weighted by atomic mass is 16.5. The van der Waals surface area contributed by atoms with E-state index in [1.165, 1.54) is 16.8 Å². The van der Waals surface area contributed by atoms with E-state index in [1.54, 1.807) is 7.05 Å². The fourth-order valence-corrected chi connectivity index (χ4v) is 1.84. The first kappa shape index (κ1) is 14.4. The highest BCUT2D eigenvalue weighted by Gasteiger charge is 2.03. The number of carbonyl (C=O) groups is 1. The molecule has 0 atom stereocenters. The van der Waals surface area contributed by atoms with E-state index in [9.17, 15) is 4.79 Å². The van der Waals surface area contributed by atoms with E-state index >= 15 is 0 Å². The molecule has 0 saturated heterocycles. The van der Waals surface area contributed by atoms with Crippen molar-refractivity contribution in [1.29, 1.82) is 0 Å². The van der Waals surface area contributed by atoms with Gasteiger partial charge >= 0.3 is 6.09 Å². The van der Waals surface area contributed by atoms with Crippen LogP contribution in [-0.2, 0) is 4.74 Å². The Bertz CT molecular complexity index is 385. The average molecular weight is 250 g/mol. The number of nitrogens with zero attached hydrogens (tertiary/aromatic N) is 1. The zero-order chi connectivity index (χ0) is 13.5. The van der Waals surface area contributed by atoms with Gasteiger partial charge in [-0.05, 0) is 43.5 Å². The number of benzene rings is 1. The Kier molecular flexibility index (Phi) is 5.49. The summed E-state index contributed by atoms with van der Waals surface area (Å²) >= 11 is 0. The number of ether oxygens (including phenoxy) is 1. The first-order chi connectivity index (χ1) is 8.52. The Hall–Kier alpha value is -1.71. The third kappa shape index (κ3) is 4.65. The quantitative estimate of drug-likeness (QED) is 0.816. The van der Waals surface area contributed by atoms with E-state index < -0.39 is 0 Å². The van der Waals surface area contributed by atoms with E-state index in [0.717, 1.165) is 13.0 Å². The van der Waals surface area contributed by atoms with Crippen LogP contribution in [0.4, 0.5) is 10.5 Å². The molecule has 0 fully saturated rings. The fraction of sp³-hybridized carbons (Fsp3) is 0.500. The molecule has 1 N–H and O–H groups in total. The number of carbonyl (C=O) groups excluding carboxylic acids is 1. The molecular formula is C14H22N2O2. The molecular weight excluding hydrogens is 228 g/mol. The Morgan fingerprint density at radius 3 is 2.44 bits per heavy atom. The van der Waals surface area contributed by atoms with E-state index in [-0.39, 0.29) is 6.09 Å². The highest BCUT2D eigenvalue weighted by Crippen LogP contribution is 2.17. The van der Waals surface area contributed by atoms with Gasteiger partial charge in [0.15, 0.2) is 0 Å². The molecule has 18 heavy (non-hydrogen) atoms. The van der Waals surface area contributed by atoms with Crippen LogP contribution in [0.3, 0.4) is 0 Å². The van der Waals surface area contributed by atoms with Gasteiger partial charge in [0.2, 0.25) is 0 Å². The van der Waals surface area contributed by atoms with Gasteiger partial charge in [-0.15, -0.1) is 0 Å². The van der Waals surface area contributed by atoms with Crippen molar-refractivity contribution in [3.8, 4) is 0 Å². The first-order valence-electron chi connectivity index (χ1n) is 6.17. The summed E-state index contributed by atoms with van der Waals surface area (Å²) < 4.78 is 4.95. The molecule has 100 valence electrons. The van der Waals surface area contributed by atoms with Crippen molar-refractivity contribution in [3.63, 3.8) is 0 Å². The summed E-state index contributed by atoms with van der Waals surface area (Å²) in [5.74, 6) is 0. The van der Waals surface area contributed by atoms with Crippen molar-refractivity contribution in [1.82, 2.24) is 5.32 Å². The molecule has 1 amide bonds. The molecule has 0 radical (unpaired) electrons. The van der Waals surface area contributed by atoms with Crippen LogP contribution >= 0.6 is 0 Å². The van der Waals surface area contributed by atoms with Crippen LogP contribution in [0.25, 0.3) is 0 Å². The van der Waals surface area contributed by atoms with Gasteiger partial charge < -0.3 is 15.0 Å². The Morgan fingerprint density at radius 1 is 1.28 bits per heavy atom. The number of amides is 1. The molecule has 1 rings (SSSR count). The summed E-state index contributed by atoms with van der Waals surface area (Å²) in [4.78, 5) is 13.0. The van der Waals surface area contributed by atoms with Crippen molar-refractivity contribution in [2.75, 3.05) is 32.1 Å². The smallest absolute Gasteiger partial charge is 0.406 e. The van der Waals surface area contributed by atoms with Gasteiger partial charge in [0.1, 0.15) is 0 Å². The third-order valence-corrected chi connectivity index (χ3v) is 2.72. The zero-order valence-corrected chi connectivity index (χ0v) is 11.6. The number of nitrogens with one attached hydrogen (secondary N) is 1. The molecule has 4 nitrogen and oxygen atoms in total. The number of hydrogen-bond acceptors (Lipinski definition) is 3. The van der Waals surface area contributed by atoms with Crippen molar-refractivity contribution < 1.29 is 9.53 Å². The standard InChI is InChI=1S/C14H22N2O2/c1-11-8-12(2)10-13(9-11)16(4)6-5-7-18-14(17)15-3/h8-10H,5-7H2,1-4H3,(H,15,17). The summed E-state index contributed by atoms with van der Waals surface area (Å²) in [6.07, 6.45) is 0.445.